The Kier molecular flexibility index (Phi) is 6.37. The van der Waals surface area contributed by atoms with Gasteiger partial charge >= 0.3 is 5.97 Å². The Hall–Kier alpha value is -3.78. The van der Waals surface area contributed by atoms with Crippen LogP contribution in [0.2, 0.25) is 0 Å². The van der Waals surface area contributed by atoms with Crippen LogP contribution in [0, 0.1) is 0 Å². The summed E-state index contributed by atoms with van der Waals surface area (Å²) in [5.74, 6) is 1.37. The Morgan fingerprint density at radius 3 is 2.18 bits per heavy atom. The molecule has 0 spiro atoms. The number of fused-ring (bicyclic) bond motifs is 1. The lowest BCUT2D eigenvalue weighted by molar-refractivity contribution is -0.140. The van der Waals surface area contributed by atoms with Gasteiger partial charge in [0.05, 0.1) is 31.1 Å². The van der Waals surface area contributed by atoms with Gasteiger partial charge in [0.2, 0.25) is 0 Å². The highest BCUT2D eigenvalue weighted by Crippen LogP contribution is 2.30. The van der Waals surface area contributed by atoms with Crippen molar-refractivity contribution in [1.82, 2.24) is 3.97 Å². The van der Waals surface area contributed by atoms with E-state index in [2.05, 4.69) is 0 Å². The molecule has 0 fully saturated rings. The van der Waals surface area contributed by atoms with Gasteiger partial charge in [-0.1, -0.05) is 18.2 Å². The van der Waals surface area contributed by atoms with Crippen LogP contribution in [0.1, 0.15) is 12.1 Å². The number of rotatable bonds is 8. The molecule has 1 heterocycles. The maximum Gasteiger partial charge on any atom is 0.305 e. The number of para-hydroxylation sites is 1. The third-order valence-electron chi connectivity index (χ3n) is 5.19. The number of methoxy groups -OCH3 is 2. The predicted octanol–water partition coefficient (Wildman–Crippen LogP) is 4.78. The summed E-state index contributed by atoms with van der Waals surface area (Å²) in [6.07, 6.45) is 0.265. The van der Waals surface area contributed by atoms with Gasteiger partial charge in [-0.05, 0) is 67.1 Å². The van der Waals surface area contributed by atoms with Crippen molar-refractivity contribution in [2.75, 3.05) is 14.2 Å². The van der Waals surface area contributed by atoms with Crippen molar-refractivity contribution in [3.05, 3.63) is 84.6 Å². The monoisotopic (exact) mass is 465 g/mol. The van der Waals surface area contributed by atoms with Gasteiger partial charge in [-0.3, -0.25) is 4.79 Å². The van der Waals surface area contributed by atoms with Crippen LogP contribution in [0.5, 0.6) is 17.2 Å². The normalized spacial score (nSPS) is 11.3. The second-order valence-corrected chi connectivity index (χ2v) is 9.08. The highest BCUT2D eigenvalue weighted by Gasteiger charge is 2.24. The van der Waals surface area contributed by atoms with Crippen molar-refractivity contribution in [2.45, 2.75) is 17.7 Å². The first kappa shape index (κ1) is 22.4. The van der Waals surface area contributed by atoms with Gasteiger partial charge in [0, 0.05) is 11.1 Å². The lowest BCUT2D eigenvalue weighted by Crippen LogP contribution is -2.16. The number of nitrogens with zero attached hydrogens (tertiary/aromatic N) is 1. The number of esters is 1. The fourth-order valence-electron chi connectivity index (χ4n) is 3.55. The molecule has 0 bridgehead atoms. The summed E-state index contributed by atoms with van der Waals surface area (Å²) in [5, 5.41) is 0.696. The van der Waals surface area contributed by atoms with Crippen molar-refractivity contribution in [2.24, 2.45) is 0 Å². The van der Waals surface area contributed by atoms with E-state index in [4.69, 9.17) is 14.2 Å². The minimum absolute atomic E-state index is 0.0589. The van der Waals surface area contributed by atoms with Gasteiger partial charge in [0.15, 0.2) is 0 Å². The maximum atomic E-state index is 13.6. The molecule has 0 atom stereocenters. The number of hydrogen-bond acceptors (Lipinski definition) is 6. The zero-order chi connectivity index (χ0) is 23.4. The largest absolute Gasteiger partial charge is 0.497 e. The van der Waals surface area contributed by atoms with E-state index in [1.54, 1.807) is 43.5 Å². The second kappa shape index (κ2) is 9.38. The fraction of sp³-hybridized carbons (Fsp3) is 0.160. The Balaban J connectivity index is 1.73. The number of ether oxygens (including phenoxy) is 3. The molecule has 8 heteroatoms. The number of carbonyl (C=O) groups excluding carboxylic acids is 1. The van der Waals surface area contributed by atoms with Gasteiger partial charge in [0.25, 0.3) is 10.0 Å². The standard InChI is InChI=1S/C25H23NO6S/c1-30-22-11-14-24-18(17-22)16-19(8-15-25(27)31-2)26(24)33(28,29)23-12-9-21(10-13-23)32-20-6-4-3-5-7-20/h3-7,9-14,16-17H,8,15H2,1-2H3. The van der Waals surface area contributed by atoms with Crippen LogP contribution in [0.4, 0.5) is 0 Å². The SMILES string of the molecule is COC(=O)CCc1cc2cc(OC)ccc2n1S(=O)(=O)c1ccc(Oc2ccccc2)cc1. The van der Waals surface area contributed by atoms with E-state index >= 15 is 0 Å². The van der Waals surface area contributed by atoms with Crippen molar-refractivity contribution >= 4 is 26.9 Å². The molecule has 0 amide bonds. The van der Waals surface area contributed by atoms with Crippen LogP contribution in [-0.2, 0) is 26.0 Å². The highest BCUT2D eigenvalue weighted by molar-refractivity contribution is 7.90. The van der Waals surface area contributed by atoms with Gasteiger partial charge in [-0.25, -0.2) is 12.4 Å². The molecular formula is C25H23NO6S. The molecule has 0 N–H and O–H groups in total. The second-order valence-electron chi connectivity index (χ2n) is 7.29. The summed E-state index contributed by atoms with van der Waals surface area (Å²) < 4.78 is 44.3. The molecule has 0 radical (unpaired) electrons. The number of aryl methyl sites for hydroxylation is 1. The van der Waals surface area contributed by atoms with E-state index in [9.17, 15) is 13.2 Å². The van der Waals surface area contributed by atoms with Crippen LogP contribution < -0.4 is 9.47 Å². The Morgan fingerprint density at radius 2 is 1.52 bits per heavy atom. The van der Waals surface area contributed by atoms with E-state index in [1.165, 1.54) is 23.2 Å². The smallest absolute Gasteiger partial charge is 0.305 e. The summed E-state index contributed by atoms with van der Waals surface area (Å²) in [5.41, 5.74) is 0.980. The molecule has 0 aliphatic carbocycles. The number of carbonyl (C=O) groups is 1. The molecule has 4 rings (SSSR count). The van der Waals surface area contributed by atoms with Crippen molar-refractivity contribution in [3.8, 4) is 17.2 Å². The van der Waals surface area contributed by atoms with E-state index in [0.29, 0.717) is 33.8 Å². The van der Waals surface area contributed by atoms with Crippen molar-refractivity contribution in [3.63, 3.8) is 0 Å². The summed E-state index contributed by atoms with van der Waals surface area (Å²) in [6, 6.07) is 22.4. The summed E-state index contributed by atoms with van der Waals surface area (Å²) in [4.78, 5) is 11.8. The molecule has 7 nitrogen and oxygen atoms in total. The van der Waals surface area contributed by atoms with Gasteiger partial charge in [-0.15, -0.1) is 0 Å². The minimum atomic E-state index is -3.95. The molecule has 0 aliphatic heterocycles. The molecule has 1 aromatic heterocycles. The number of hydrogen-bond donors (Lipinski definition) is 0. The molecule has 33 heavy (non-hydrogen) atoms. The average Bonchev–Trinajstić information content (AvgIpc) is 3.21. The maximum absolute atomic E-state index is 13.6. The van der Waals surface area contributed by atoms with E-state index in [1.807, 2.05) is 30.3 Å². The summed E-state index contributed by atoms with van der Waals surface area (Å²) in [6.45, 7) is 0. The fourth-order valence-corrected chi connectivity index (χ4v) is 5.12. The number of benzene rings is 3. The first-order valence-corrected chi connectivity index (χ1v) is 11.7. The average molecular weight is 466 g/mol. The Bertz CT molecular complexity index is 1380. The lowest BCUT2D eigenvalue weighted by atomic mass is 10.2. The van der Waals surface area contributed by atoms with E-state index in [-0.39, 0.29) is 17.7 Å². The molecule has 3 aromatic carbocycles. The Labute approximate surface area is 192 Å². The van der Waals surface area contributed by atoms with Crippen LogP contribution in [0.15, 0.2) is 83.8 Å². The first-order chi connectivity index (χ1) is 15.9. The van der Waals surface area contributed by atoms with E-state index in [0.717, 1.165) is 0 Å². The number of aromatic nitrogens is 1. The molecule has 0 saturated carbocycles. The summed E-state index contributed by atoms with van der Waals surface area (Å²) in [7, 11) is -1.10. The molecule has 0 saturated heterocycles. The zero-order valence-electron chi connectivity index (χ0n) is 18.2. The van der Waals surface area contributed by atoms with Crippen LogP contribution >= 0.6 is 0 Å². The lowest BCUT2D eigenvalue weighted by Gasteiger charge is -2.13. The van der Waals surface area contributed by atoms with Crippen LogP contribution in [-0.4, -0.2) is 32.6 Å². The van der Waals surface area contributed by atoms with Crippen molar-refractivity contribution < 1.29 is 27.4 Å². The molecular weight excluding hydrogens is 442 g/mol. The van der Waals surface area contributed by atoms with Crippen LogP contribution in [0.3, 0.4) is 0 Å². The van der Waals surface area contributed by atoms with Crippen LogP contribution in [0.25, 0.3) is 10.9 Å². The molecule has 170 valence electrons. The first-order valence-electron chi connectivity index (χ1n) is 10.3. The van der Waals surface area contributed by atoms with Gasteiger partial charge in [0.1, 0.15) is 17.2 Å². The molecule has 4 aromatic rings. The van der Waals surface area contributed by atoms with Gasteiger partial charge in [-0.2, -0.15) is 0 Å². The molecule has 0 aliphatic rings. The third kappa shape index (κ3) is 4.70. The topological polar surface area (TPSA) is 83.8 Å². The van der Waals surface area contributed by atoms with Crippen molar-refractivity contribution in [1.29, 1.82) is 0 Å². The zero-order valence-corrected chi connectivity index (χ0v) is 19.0. The Morgan fingerprint density at radius 1 is 0.848 bits per heavy atom. The predicted molar refractivity (Wildman–Crippen MR) is 124 cm³/mol. The highest BCUT2D eigenvalue weighted by atomic mass is 32.2. The van der Waals surface area contributed by atoms with E-state index < -0.39 is 16.0 Å². The third-order valence-corrected chi connectivity index (χ3v) is 6.97. The summed E-state index contributed by atoms with van der Waals surface area (Å²) >= 11 is 0. The quantitative estimate of drug-likeness (QED) is 0.348. The molecule has 0 unspecified atom stereocenters. The minimum Gasteiger partial charge on any atom is -0.497 e. The van der Waals surface area contributed by atoms with Gasteiger partial charge < -0.3 is 14.2 Å².